The van der Waals surface area contributed by atoms with E-state index in [1.165, 1.54) is 12.3 Å². The van der Waals surface area contributed by atoms with Crippen LogP contribution >= 0.6 is 0 Å². The Morgan fingerprint density at radius 2 is 1.76 bits per heavy atom. The Morgan fingerprint density at radius 1 is 1.10 bits per heavy atom. The second-order valence-electron chi connectivity index (χ2n) is 4.35. The highest BCUT2D eigenvalue weighted by Gasteiger charge is 2.36. The molecule has 0 fully saturated rings. The predicted molar refractivity (Wildman–Crippen MR) is 69.0 cm³/mol. The van der Waals surface area contributed by atoms with Crippen molar-refractivity contribution in [1.29, 1.82) is 0 Å². The van der Waals surface area contributed by atoms with Crippen LogP contribution in [0.25, 0.3) is 0 Å². The quantitative estimate of drug-likeness (QED) is 0.880. The van der Waals surface area contributed by atoms with Crippen molar-refractivity contribution in [3.05, 3.63) is 59.4 Å². The van der Waals surface area contributed by atoms with Gasteiger partial charge in [0, 0.05) is 29.7 Å². The molecule has 2 aromatic rings. The molecule has 0 bridgehead atoms. The molecule has 0 aliphatic carbocycles. The lowest BCUT2D eigenvalue weighted by atomic mass is 9.96. The van der Waals surface area contributed by atoms with Crippen molar-refractivity contribution in [2.45, 2.75) is 19.1 Å². The maximum Gasteiger partial charge on any atom is 0.416 e. The minimum atomic E-state index is -4.53. The SMILES string of the molecule is CCNC(c1ccncc1F)c1cnccc1C(F)(F)F. The smallest absolute Gasteiger partial charge is 0.306 e. The van der Waals surface area contributed by atoms with Gasteiger partial charge >= 0.3 is 6.18 Å². The van der Waals surface area contributed by atoms with Crippen molar-refractivity contribution in [3.63, 3.8) is 0 Å². The van der Waals surface area contributed by atoms with Gasteiger partial charge in [0.25, 0.3) is 0 Å². The van der Waals surface area contributed by atoms with Gasteiger partial charge in [0.2, 0.25) is 0 Å². The Balaban J connectivity index is 2.57. The largest absolute Gasteiger partial charge is 0.416 e. The topological polar surface area (TPSA) is 37.8 Å². The summed E-state index contributed by atoms with van der Waals surface area (Å²) in [5.74, 6) is -0.666. The van der Waals surface area contributed by atoms with Gasteiger partial charge in [-0.3, -0.25) is 9.97 Å². The Morgan fingerprint density at radius 3 is 2.38 bits per heavy atom. The summed E-state index contributed by atoms with van der Waals surface area (Å²) in [7, 11) is 0. The molecule has 0 radical (unpaired) electrons. The molecule has 2 aromatic heterocycles. The summed E-state index contributed by atoms with van der Waals surface area (Å²) in [6.45, 7) is 2.11. The van der Waals surface area contributed by atoms with Gasteiger partial charge in [0.15, 0.2) is 0 Å². The zero-order valence-corrected chi connectivity index (χ0v) is 11.2. The highest BCUT2D eigenvalue weighted by molar-refractivity contribution is 5.36. The molecule has 0 aliphatic rings. The molecule has 1 unspecified atom stereocenters. The third-order valence-electron chi connectivity index (χ3n) is 2.99. The molecule has 1 atom stereocenters. The first-order valence-electron chi connectivity index (χ1n) is 6.29. The van der Waals surface area contributed by atoms with Gasteiger partial charge in [-0.05, 0) is 18.7 Å². The number of aromatic nitrogens is 2. The van der Waals surface area contributed by atoms with E-state index in [0.29, 0.717) is 6.54 Å². The van der Waals surface area contributed by atoms with Crippen LogP contribution in [0.15, 0.2) is 36.9 Å². The first-order valence-corrected chi connectivity index (χ1v) is 6.29. The maximum atomic E-state index is 13.9. The number of rotatable bonds is 4. The fourth-order valence-corrected chi connectivity index (χ4v) is 2.11. The van der Waals surface area contributed by atoms with Crippen molar-refractivity contribution in [2.75, 3.05) is 6.54 Å². The molecule has 3 nitrogen and oxygen atoms in total. The van der Waals surface area contributed by atoms with Crippen LogP contribution in [0.1, 0.15) is 29.7 Å². The Kier molecular flexibility index (Phi) is 4.52. The van der Waals surface area contributed by atoms with E-state index in [-0.39, 0.29) is 11.1 Å². The van der Waals surface area contributed by atoms with Crippen LogP contribution in [0, 0.1) is 5.82 Å². The van der Waals surface area contributed by atoms with E-state index in [1.54, 1.807) is 6.92 Å². The molecule has 2 rings (SSSR count). The van der Waals surface area contributed by atoms with Crippen LogP contribution in [0.3, 0.4) is 0 Å². The number of nitrogens with zero attached hydrogens (tertiary/aromatic N) is 2. The van der Waals surface area contributed by atoms with Crippen LogP contribution in [0.5, 0.6) is 0 Å². The number of hydrogen-bond acceptors (Lipinski definition) is 3. The van der Waals surface area contributed by atoms with Crippen LogP contribution in [0.4, 0.5) is 17.6 Å². The minimum absolute atomic E-state index is 0.102. The molecule has 0 aromatic carbocycles. The van der Waals surface area contributed by atoms with Gasteiger partial charge in [-0.2, -0.15) is 13.2 Å². The third-order valence-corrected chi connectivity index (χ3v) is 2.99. The van der Waals surface area contributed by atoms with E-state index in [4.69, 9.17) is 0 Å². The Hall–Kier alpha value is -2.02. The van der Waals surface area contributed by atoms with Gasteiger partial charge in [0.1, 0.15) is 5.82 Å². The molecular weight excluding hydrogens is 286 g/mol. The van der Waals surface area contributed by atoms with Crippen molar-refractivity contribution in [1.82, 2.24) is 15.3 Å². The molecule has 21 heavy (non-hydrogen) atoms. The van der Waals surface area contributed by atoms with E-state index in [0.717, 1.165) is 24.7 Å². The van der Waals surface area contributed by atoms with Gasteiger partial charge in [-0.25, -0.2) is 4.39 Å². The van der Waals surface area contributed by atoms with Gasteiger partial charge in [-0.1, -0.05) is 6.92 Å². The summed E-state index contributed by atoms with van der Waals surface area (Å²) in [5, 5.41) is 2.86. The predicted octanol–water partition coefficient (Wildman–Crippen LogP) is 3.33. The van der Waals surface area contributed by atoms with Gasteiger partial charge in [0.05, 0.1) is 17.8 Å². The molecular formula is C14H13F4N3. The lowest BCUT2D eigenvalue weighted by molar-refractivity contribution is -0.138. The first-order chi connectivity index (χ1) is 9.95. The summed E-state index contributed by atoms with van der Waals surface area (Å²) in [4.78, 5) is 7.35. The Labute approximate surface area is 119 Å². The molecule has 1 N–H and O–H groups in total. The standard InChI is InChI=1S/C14H13F4N3/c1-2-21-13(9-3-5-20-8-12(9)15)10-7-19-6-4-11(10)14(16,17)18/h3-8,13,21H,2H2,1H3. The highest BCUT2D eigenvalue weighted by atomic mass is 19.4. The summed E-state index contributed by atoms with van der Waals surface area (Å²) in [6, 6.07) is 1.30. The number of halogens is 4. The fourth-order valence-electron chi connectivity index (χ4n) is 2.11. The zero-order chi connectivity index (χ0) is 15.5. The first kappa shape index (κ1) is 15.4. The Bertz CT molecular complexity index is 613. The van der Waals surface area contributed by atoms with Crippen molar-refractivity contribution in [3.8, 4) is 0 Å². The van der Waals surface area contributed by atoms with E-state index in [1.807, 2.05) is 0 Å². The van der Waals surface area contributed by atoms with Crippen LogP contribution in [-0.4, -0.2) is 16.5 Å². The summed E-state index contributed by atoms with van der Waals surface area (Å²) in [5.41, 5.74) is -0.845. The van der Waals surface area contributed by atoms with Crippen LogP contribution in [-0.2, 0) is 6.18 Å². The molecule has 7 heteroatoms. The lowest BCUT2D eigenvalue weighted by Crippen LogP contribution is -2.26. The van der Waals surface area contributed by atoms with E-state index < -0.39 is 23.6 Å². The highest BCUT2D eigenvalue weighted by Crippen LogP contribution is 2.36. The zero-order valence-electron chi connectivity index (χ0n) is 11.2. The van der Waals surface area contributed by atoms with Crippen molar-refractivity contribution in [2.24, 2.45) is 0 Å². The van der Waals surface area contributed by atoms with Crippen molar-refractivity contribution < 1.29 is 17.6 Å². The number of nitrogens with one attached hydrogen (secondary N) is 1. The molecule has 0 saturated heterocycles. The lowest BCUT2D eigenvalue weighted by Gasteiger charge is -2.22. The maximum absolute atomic E-state index is 13.9. The van der Waals surface area contributed by atoms with Crippen LogP contribution in [0.2, 0.25) is 0 Å². The van der Waals surface area contributed by atoms with Crippen molar-refractivity contribution >= 4 is 0 Å². The molecule has 0 saturated carbocycles. The molecule has 0 spiro atoms. The van der Waals surface area contributed by atoms with Crippen LogP contribution < -0.4 is 5.32 Å². The average Bonchev–Trinajstić information content (AvgIpc) is 2.45. The fraction of sp³-hybridized carbons (Fsp3) is 0.286. The third kappa shape index (κ3) is 3.36. The second kappa shape index (κ2) is 6.17. The normalized spacial score (nSPS) is 13.2. The summed E-state index contributed by atoms with van der Waals surface area (Å²) in [6.07, 6.45) is -0.0423. The van der Waals surface area contributed by atoms with E-state index in [9.17, 15) is 17.6 Å². The van der Waals surface area contributed by atoms with Gasteiger partial charge in [-0.15, -0.1) is 0 Å². The molecule has 2 heterocycles. The number of pyridine rings is 2. The van der Waals surface area contributed by atoms with Gasteiger partial charge < -0.3 is 5.32 Å². The number of alkyl halides is 3. The second-order valence-corrected chi connectivity index (χ2v) is 4.35. The number of hydrogen-bond donors (Lipinski definition) is 1. The minimum Gasteiger partial charge on any atom is -0.306 e. The molecule has 0 aliphatic heterocycles. The van der Waals surface area contributed by atoms with E-state index in [2.05, 4.69) is 15.3 Å². The molecule has 0 amide bonds. The molecule has 112 valence electrons. The summed E-state index contributed by atoms with van der Waals surface area (Å²) >= 11 is 0. The summed E-state index contributed by atoms with van der Waals surface area (Å²) < 4.78 is 53.2. The van der Waals surface area contributed by atoms with E-state index >= 15 is 0 Å². The average molecular weight is 299 g/mol. The monoisotopic (exact) mass is 299 g/mol.